The first-order valence-corrected chi connectivity index (χ1v) is 12.3. The van der Waals surface area contributed by atoms with Crippen molar-refractivity contribution in [1.82, 2.24) is 0 Å². The number of allylic oxidation sites excluding steroid dienone is 1. The maximum Gasteiger partial charge on any atom is 0.392 e. The van der Waals surface area contributed by atoms with Crippen LogP contribution in [0.5, 0.6) is 0 Å². The molecule has 36 heavy (non-hydrogen) atoms. The van der Waals surface area contributed by atoms with Crippen LogP contribution in [0.4, 0.5) is 18.9 Å². The molecule has 3 rings (SSSR count). The van der Waals surface area contributed by atoms with Gasteiger partial charge < -0.3 is 10.1 Å². The van der Waals surface area contributed by atoms with Gasteiger partial charge in [0.15, 0.2) is 0 Å². The normalized spacial score (nSPS) is 15.2. The standard InChI is InChI=1S/C27H28Cl2F3NO3/c1-15(27(30,31)32)24(17-7-10-19(28)11-8-17)25(35)33-22-13-18(9-12-21(22)29)20(16-5-6-16)14-23(34)36-26(2,3)4/h7-13,15,24H,5-6,14H2,1-4H3,(H,33,35)/t15-,24+/m1/s1. The number of nitrogens with one attached hydrogen (secondary N) is 1. The van der Waals surface area contributed by atoms with Gasteiger partial charge in [0.1, 0.15) is 5.60 Å². The molecule has 9 heteroatoms. The number of halogens is 5. The molecule has 0 spiro atoms. The Bertz CT molecular complexity index is 1160. The average Bonchev–Trinajstić information content (AvgIpc) is 3.58. The fraction of sp³-hybridized carbons (Fsp3) is 0.407. The highest BCUT2D eigenvalue weighted by atomic mass is 35.5. The van der Waals surface area contributed by atoms with Gasteiger partial charge in [0.05, 0.1) is 29.0 Å². The number of hydrogen-bond donors (Lipinski definition) is 1. The second-order valence-corrected chi connectivity index (χ2v) is 10.7. The lowest BCUT2D eigenvalue weighted by Gasteiger charge is -2.26. The van der Waals surface area contributed by atoms with E-state index in [2.05, 4.69) is 5.32 Å². The summed E-state index contributed by atoms with van der Waals surface area (Å²) in [5.41, 5.74) is 2.22. The number of ether oxygens (including phenoxy) is 1. The minimum absolute atomic E-state index is 0.0418. The Balaban J connectivity index is 1.91. The Hall–Kier alpha value is -2.51. The molecule has 194 valence electrons. The van der Waals surface area contributed by atoms with Gasteiger partial charge in [-0.1, -0.05) is 53.9 Å². The van der Waals surface area contributed by atoms with Crippen LogP contribution >= 0.6 is 23.2 Å². The van der Waals surface area contributed by atoms with Gasteiger partial charge in [-0.15, -0.1) is 0 Å². The molecule has 0 heterocycles. The largest absolute Gasteiger partial charge is 0.460 e. The van der Waals surface area contributed by atoms with E-state index in [1.807, 2.05) is 0 Å². The van der Waals surface area contributed by atoms with E-state index in [0.29, 0.717) is 10.6 Å². The number of anilines is 1. The summed E-state index contributed by atoms with van der Waals surface area (Å²) >= 11 is 12.2. The number of rotatable bonds is 7. The van der Waals surface area contributed by atoms with E-state index in [4.69, 9.17) is 27.9 Å². The molecule has 2 aromatic carbocycles. The molecule has 0 bridgehead atoms. The van der Waals surface area contributed by atoms with Crippen molar-refractivity contribution in [1.29, 1.82) is 0 Å². The van der Waals surface area contributed by atoms with Crippen LogP contribution in [-0.4, -0.2) is 23.7 Å². The number of hydrogen-bond acceptors (Lipinski definition) is 3. The molecule has 1 N–H and O–H groups in total. The van der Waals surface area contributed by atoms with Crippen molar-refractivity contribution in [3.8, 4) is 0 Å². The molecule has 1 fully saturated rings. The second kappa shape index (κ2) is 10.9. The Labute approximate surface area is 218 Å². The summed E-state index contributed by atoms with van der Waals surface area (Å²) in [7, 11) is 0. The maximum absolute atomic E-state index is 13.7. The summed E-state index contributed by atoms with van der Waals surface area (Å²) in [6.07, 6.45) is -2.89. The van der Waals surface area contributed by atoms with Gasteiger partial charge in [-0.25, -0.2) is 0 Å². The molecule has 0 aromatic heterocycles. The molecular weight excluding hydrogens is 514 g/mol. The second-order valence-electron chi connectivity index (χ2n) is 9.89. The molecule has 1 saturated carbocycles. The van der Waals surface area contributed by atoms with Crippen LogP contribution in [0.25, 0.3) is 5.57 Å². The zero-order valence-corrected chi connectivity index (χ0v) is 21.9. The first kappa shape index (κ1) is 28.1. The van der Waals surface area contributed by atoms with Crippen LogP contribution in [0.15, 0.2) is 48.0 Å². The van der Waals surface area contributed by atoms with Crippen LogP contribution < -0.4 is 5.32 Å². The highest BCUT2D eigenvalue weighted by Crippen LogP contribution is 2.41. The minimum Gasteiger partial charge on any atom is -0.460 e. The molecule has 4 nitrogen and oxygen atoms in total. The first-order chi connectivity index (χ1) is 16.7. The fourth-order valence-corrected chi connectivity index (χ4v) is 4.15. The Morgan fingerprint density at radius 3 is 2.17 bits per heavy atom. The molecule has 1 amide bonds. The predicted molar refractivity (Wildman–Crippen MR) is 136 cm³/mol. The minimum atomic E-state index is -4.61. The van der Waals surface area contributed by atoms with Crippen LogP contribution in [0.3, 0.4) is 0 Å². The molecule has 1 aliphatic carbocycles. The highest BCUT2D eigenvalue weighted by molar-refractivity contribution is 6.34. The average molecular weight is 542 g/mol. The van der Waals surface area contributed by atoms with E-state index in [9.17, 15) is 22.8 Å². The summed E-state index contributed by atoms with van der Waals surface area (Å²) in [6, 6.07) is 10.6. The third kappa shape index (κ3) is 7.50. The SMILES string of the molecule is C[C@H]([C@H](C(=O)Nc1cc(C(CC(=O)OC(C)(C)C)=C2CC2)ccc1Cl)c1ccc(Cl)cc1)C(F)(F)F. The summed E-state index contributed by atoms with van der Waals surface area (Å²) in [6.45, 7) is 6.31. The third-order valence-corrected chi connectivity index (χ3v) is 6.35. The number of amides is 1. The van der Waals surface area contributed by atoms with Crippen LogP contribution in [0.1, 0.15) is 64.0 Å². The molecule has 2 aromatic rings. The van der Waals surface area contributed by atoms with Gasteiger partial charge >= 0.3 is 12.1 Å². The topological polar surface area (TPSA) is 55.4 Å². The van der Waals surface area contributed by atoms with Crippen molar-refractivity contribution >= 4 is 46.3 Å². The maximum atomic E-state index is 13.7. The lowest BCUT2D eigenvalue weighted by molar-refractivity contribution is -0.178. The monoisotopic (exact) mass is 541 g/mol. The van der Waals surface area contributed by atoms with Gasteiger partial charge in [-0.2, -0.15) is 13.2 Å². The van der Waals surface area contributed by atoms with Crippen molar-refractivity contribution in [2.24, 2.45) is 5.92 Å². The highest BCUT2D eigenvalue weighted by Gasteiger charge is 2.45. The van der Waals surface area contributed by atoms with Gasteiger partial charge in [0, 0.05) is 5.02 Å². The van der Waals surface area contributed by atoms with E-state index in [1.54, 1.807) is 39.0 Å². The number of carbonyl (C=O) groups excluding carboxylic acids is 2. The summed E-state index contributed by atoms with van der Waals surface area (Å²) < 4.78 is 46.4. The zero-order valence-electron chi connectivity index (χ0n) is 20.4. The molecule has 0 unspecified atom stereocenters. The molecule has 0 aliphatic heterocycles. The fourth-order valence-electron chi connectivity index (χ4n) is 3.86. The van der Waals surface area contributed by atoms with Gasteiger partial charge in [-0.3, -0.25) is 9.59 Å². The van der Waals surface area contributed by atoms with E-state index >= 15 is 0 Å². The number of carbonyl (C=O) groups is 2. The van der Waals surface area contributed by atoms with Crippen molar-refractivity contribution in [2.75, 3.05) is 5.32 Å². The lowest BCUT2D eigenvalue weighted by Crippen LogP contribution is -2.34. The van der Waals surface area contributed by atoms with E-state index in [1.165, 1.54) is 24.3 Å². The van der Waals surface area contributed by atoms with Crippen molar-refractivity contribution < 1.29 is 27.5 Å². The van der Waals surface area contributed by atoms with Crippen molar-refractivity contribution in [3.63, 3.8) is 0 Å². The summed E-state index contributed by atoms with van der Waals surface area (Å²) in [5.74, 6) is -4.73. The molecule has 2 atom stereocenters. The van der Waals surface area contributed by atoms with Gasteiger partial charge in [0.2, 0.25) is 5.91 Å². The lowest BCUT2D eigenvalue weighted by atomic mass is 9.85. The number of benzene rings is 2. The van der Waals surface area contributed by atoms with Crippen LogP contribution in [-0.2, 0) is 14.3 Å². The van der Waals surface area contributed by atoms with Crippen molar-refractivity contribution in [3.05, 3.63) is 69.2 Å². The first-order valence-electron chi connectivity index (χ1n) is 11.5. The Kier molecular flexibility index (Phi) is 8.46. The smallest absolute Gasteiger partial charge is 0.392 e. The summed E-state index contributed by atoms with van der Waals surface area (Å²) in [5, 5.41) is 3.09. The number of esters is 1. The quantitative estimate of drug-likeness (QED) is 0.359. The summed E-state index contributed by atoms with van der Waals surface area (Å²) in [4.78, 5) is 25.7. The zero-order chi connectivity index (χ0) is 26.8. The molecule has 0 radical (unpaired) electrons. The van der Waals surface area contributed by atoms with Crippen LogP contribution in [0, 0.1) is 5.92 Å². The van der Waals surface area contributed by atoms with Gasteiger partial charge in [-0.05, 0) is 74.6 Å². The van der Waals surface area contributed by atoms with Gasteiger partial charge in [0.25, 0.3) is 0 Å². The molecule has 1 aliphatic rings. The van der Waals surface area contributed by atoms with E-state index < -0.39 is 29.5 Å². The molecular formula is C27H28Cl2F3NO3. The Morgan fingerprint density at radius 1 is 1.03 bits per heavy atom. The van der Waals surface area contributed by atoms with Crippen molar-refractivity contribution in [2.45, 2.75) is 64.7 Å². The number of alkyl halides is 3. The Morgan fingerprint density at radius 2 is 1.64 bits per heavy atom. The third-order valence-electron chi connectivity index (χ3n) is 5.77. The predicted octanol–water partition coefficient (Wildman–Crippen LogP) is 8.19. The van der Waals surface area contributed by atoms with E-state index in [-0.39, 0.29) is 28.7 Å². The van der Waals surface area contributed by atoms with E-state index in [0.717, 1.165) is 30.9 Å². The molecule has 0 saturated heterocycles. The van der Waals surface area contributed by atoms with Crippen LogP contribution in [0.2, 0.25) is 10.0 Å².